The zero-order valence-corrected chi connectivity index (χ0v) is 32.3. The van der Waals surface area contributed by atoms with Gasteiger partial charge in [-0.3, -0.25) is 0 Å². The highest BCUT2D eigenvalue weighted by Crippen LogP contribution is 2.58. The Kier molecular flexibility index (Phi) is 5.18. The van der Waals surface area contributed by atoms with E-state index in [4.69, 9.17) is 0 Å². The smallest absolute Gasteiger partial charge is 0.0000695 e. The summed E-state index contributed by atoms with van der Waals surface area (Å²) in [6.07, 6.45) is 0. The Morgan fingerprint density at radius 2 is 0.400 bits per heavy atom. The highest BCUT2D eigenvalue weighted by Gasteiger charge is 2.29. The lowest BCUT2D eigenvalue weighted by Crippen LogP contribution is -1.82. The first kappa shape index (κ1) is 30.3. The second kappa shape index (κ2) is 10.2. The van der Waals surface area contributed by atoms with E-state index in [9.17, 15) is 0 Å². The molecule has 0 aromatic heterocycles. The van der Waals surface area contributed by atoms with Gasteiger partial charge in [0.25, 0.3) is 0 Å². The number of hydrogen-bond acceptors (Lipinski definition) is 0. The van der Waals surface area contributed by atoms with Gasteiger partial charge in [-0.1, -0.05) is 164 Å². The van der Waals surface area contributed by atoms with Crippen LogP contribution in [0.25, 0.3) is 162 Å². The van der Waals surface area contributed by atoms with E-state index in [1.807, 2.05) is 0 Å². The molecule has 16 aromatic rings. The molecule has 0 heteroatoms. The largest absolute Gasteiger partial charge is 0.0616 e. The predicted molar refractivity (Wildman–Crippen MR) is 263 cm³/mol. The average Bonchev–Trinajstić information content (AvgIpc) is 3.95. The molecule has 0 bridgehead atoms. The number of benzene rings is 13. The van der Waals surface area contributed by atoms with Crippen molar-refractivity contribution < 1.29 is 0 Å². The summed E-state index contributed by atoms with van der Waals surface area (Å²) in [6, 6.07) is 69.7. The monoisotopic (exact) mass is 750 g/mol. The van der Waals surface area contributed by atoms with E-state index < -0.39 is 0 Å². The zero-order valence-electron chi connectivity index (χ0n) is 32.3. The number of fused-ring (bicyclic) bond motifs is 24. The molecule has 0 nitrogen and oxygen atoms in total. The minimum absolute atomic E-state index is 1.28. The van der Waals surface area contributed by atoms with E-state index >= 15 is 0 Å². The number of hydrogen-bond donors (Lipinski definition) is 0. The van der Waals surface area contributed by atoms with Gasteiger partial charge in [0.1, 0.15) is 0 Å². The van der Waals surface area contributed by atoms with Crippen molar-refractivity contribution in [3.05, 3.63) is 182 Å². The topological polar surface area (TPSA) is 0 Å². The maximum absolute atomic E-state index is 2.47. The molecule has 0 aliphatic carbocycles. The molecule has 0 saturated heterocycles. The summed E-state index contributed by atoms with van der Waals surface area (Å²) < 4.78 is 0. The van der Waals surface area contributed by atoms with Gasteiger partial charge in [-0.05, 0) is 180 Å². The van der Waals surface area contributed by atoms with Crippen LogP contribution in [0.4, 0.5) is 0 Å². The van der Waals surface area contributed by atoms with Crippen LogP contribution in [-0.2, 0) is 0 Å². The van der Waals surface area contributed by atoms with Gasteiger partial charge in [0, 0.05) is 0 Å². The Bertz CT molecular complexity index is 4120. The summed E-state index contributed by atoms with van der Waals surface area (Å²) in [7, 11) is 0. The Hall–Kier alpha value is -7.80. The van der Waals surface area contributed by atoms with Gasteiger partial charge in [0.15, 0.2) is 0 Å². The van der Waals surface area contributed by atoms with Gasteiger partial charge in [0.05, 0.1) is 0 Å². The molecule has 0 fully saturated rings. The van der Waals surface area contributed by atoms with E-state index in [0.29, 0.717) is 0 Å². The molecule has 0 amide bonds. The molecule has 16 aromatic carbocycles. The lowest BCUT2D eigenvalue weighted by atomic mass is 9.92. The maximum atomic E-state index is 2.47. The van der Waals surface area contributed by atoms with Crippen molar-refractivity contribution in [3.63, 3.8) is 0 Å². The summed E-state index contributed by atoms with van der Waals surface area (Å²) in [5, 5.41) is 40.3. The van der Waals surface area contributed by atoms with Crippen LogP contribution in [-0.4, -0.2) is 0 Å². The fourth-order valence-electron chi connectivity index (χ4n) is 12.5. The molecule has 0 aliphatic heterocycles. The van der Waals surface area contributed by atoms with E-state index in [1.165, 1.54) is 162 Å². The molecule has 16 rings (SSSR count). The van der Waals surface area contributed by atoms with Gasteiger partial charge in [-0.25, -0.2) is 0 Å². The Morgan fingerprint density at radius 3 is 0.733 bits per heavy atom. The molecular weight excluding hydrogens is 721 g/mol. The first-order chi connectivity index (χ1) is 29.8. The lowest BCUT2D eigenvalue weighted by Gasteiger charge is -2.10. The maximum Gasteiger partial charge on any atom is -0.0000695 e. The fourth-order valence-corrected chi connectivity index (χ4v) is 12.5. The first-order valence-corrected chi connectivity index (χ1v) is 21.2. The Morgan fingerprint density at radius 1 is 0.133 bits per heavy atom. The Labute approximate surface area is 342 Å². The lowest BCUT2D eigenvalue weighted by molar-refractivity contribution is 1.80. The van der Waals surface area contributed by atoms with Crippen molar-refractivity contribution in [2.75, 3.05) is 0 Å². The summed E-state index contributed by atoms with van der Waals surface area (Å²) in [5.74, 6) is 0. The molecule has 60 heavy (non-hydrogen) atoms. The van der Waals surface area contributed by atoms with Crippen molar-refractivity contribution >= 4 is 162 Å². The van der Waals surface area contributed by atoms with E-state index in [1.54, 1.807) is 0 Å². The SMILES string of the molecule is c1ccc2c(c1)ccc1c2cc2cccc3c2c1c1c3c2c3c4ccc5ccccc5c4cc4cccc(c43)c2c2c3c4ccc5ccccc5c4cc4cccc(c43)c12. The van der Waals surface area contributed by atoms with E-state index in [2.05, 4.69) is 182 Å². The van der Waals surface area contributed by atoms with Crippen LogP contribution in [0.15, 0.2) is 182 Å². The van der Waals surface area contributed by atoms with Crippen LogP contribution in [0.1, 0.15) is 0 Å². The molecule has 0 spiro atoms. The second-order valence-electron chi connectivity index (χ2n) is 17.4. The molecule has 0 radical (unpaired) electrons. The standard InChI is InChI=1S/C60H30/c1-4-16-37-31(10-1)22-25-40-46(37)28-34-13-7-19-43-49(34)52(40)58-55(43)59-54-42-27-24-33-12-3-6-18-39(33)48(42)30-36-15-9-21-45(51(36)54)57(59)60-53-41-26-23-32-11-2-5-17-38(32)47(41)29-35-14-8-20-44(50(35)53)56(58)60/h1-30H. The quantitative estimate of drug-likeness (QED) is 0.107. The van der Waals surface area contributed by atoms with Crippen LogP contribution in [0, 0.1) is 0 Å². The van der Waals surface area contributed by atoms with Crippen LogP contribution >= 0.6 is 0 Å². The normalized spacial score (nSPS) is 13.0. The highest BCUT2D eigenvalue weighted by molar-refractivity contribution is 6.59. The molecule has 0 saturated carbocycles. The van der Waals surface area contributed by atoms with Crippen molar-refractivity contribution in [2.45, 2.75) is 0 Å². The van der Waals surface area contributed by atoms with Gasteiger partial charge >= 0.3 is 0 Å². The summed E-state index contributed by atoms with van der Waals surface area (Å²) in [4.78, 5) is 0. The van der Waals surface area contributed by atoms with Crippen LogP contribution in [0.2, 0.25) is 0 Å². The molecule has 0 atom stereocenters. The second-order valence-corrected chi connectivity index (χ2v) is 17.4. The summed E-state index contributed by atoms with van der Waals surface area (Å²) >= 11 is 0. The molecule has 270 valence electrons. The van der Waals surface area contributed by atoms with E-state index in [-0.39, 0.29) is 0 Å². The third-order valence-corrected chi connectivity index (χ3v) is 14.7. The van der Waals surface area contributed by atoms with E-state index in [0.717, 1.165) is 0 Å². The van der Waals surface area contributed by atoms with Gasteiger partial charge in [0.2, 0.25) is 0 Å². The van der Waals surface area contributed by atoms with Crippen molar-refractivity contribution in [2.24, 2.45) is 0 Å². The molecule has 0 heterocycles. The van der Waals surface area contributed by atoms with Crippen LogP contribution in [0.5, 0.6) is 0 Å². The molecular formula is C60H30. The predicted octanol–water partition coefficient (Wildman–Crippen LogP) is 17.3. The van der Waals surface area contributed by atoms with Gasteiger partial charge < -0.3 is 0 Å². The molecule has 0 N–H and O–H groups in total. The molecule has 0 unspecified atom stereocenters. The average molecular weight is 751 g/mol. The minimum Gasteiger partial charge on any atom is -0.0616 e. The van der Waals surface area contributed by atoms with Gasteiger partial charge in [-0.2, -0.15) is 0 Å². The fraction of sp³-hybridized carbons (Fsp3) is 0. The van der Waals surface area contributed by atoms with Crippen LogP contribution in [0.3, 0.4) is 0 Å². The van der Waals surface area contributed by atoms with Crippen LogP contribution < -0.4 is 0 Å². The first-order valence-electron chi connectivity index (χ1n) is 21.2. The molecule has 0 aliphatic rings. The van der Waals surface area contributed by atoms with Crippen molar-refractivity contribution in [1.29, 1.82) is 0 Å². The van der Waals surface area contributed by atoms with Crippen molar-refractivity contribution in [3.8, 4) is 0 Å². The zero-order chi connectivity index (χ0) is 38.5. The van der Waals surface area contributed by atoms with Gasteiger partial charge in [-0.15, -0.1) is 0 Å². The third-order valence-electron chi connectivity index (χ3n) is 14.7. The summed E-state index contributed by atoms with van der Waals surface area (Å²) in [5.41, 5.74) is 0. The highest BCUT2D eigenvalue weighted by atomic mass is 14.3. The number of rotatable bonds is 0. The third kappa shape index (κ3) is 3.36. The summed E-state index contributed by atoms with van der Waals surface area (Å²) in [6.45, 7) is 0. The van der Waals surface area contributed by atoms with Crippen molar-refractivity contribution in [1.82, 2.24) is 0 Å². The minimum atomic E-state index is 1.28. The Balaban J connectivity index is 1.32.